The van der Waals surface area contributed by atoms with Crippen LogP contribution in [0.3, 0.4) is 0 Å². The molecule has 2 fully saturated rings. The zero-order valence-corrected chi connectivity index (χ0v) is 13.2. The number of fused-ring (bicyclic) bond motifs is 2. The summed E-state index contributed by atoms with van der Waals surface area (Å²) in [7, 11) is 0. The van der Waals surface area contributed by atoms with Crippen LogP contribution in [-0.4, -0.2) is 12.1 Å². The Bertz CT molecular complexity index is 273. The third-order valence-corrected chi connectivity index (χ3v) is 5.95. The lowest BCUT2D eigenvalue weighted by atomic mass is 9.68. The molecule has 3 atom stereocenters. The summed E-state index contributed by atoms with van der Waals surface area (Å²) in [4.78, 5) is 0. The highest BCUT2D eigenvalue weighted by Crippen LogP contribution is 2.62. The lowest BCUT2D eigenvalue weighted by Gasteiger charge is -2.45. The van der Waals surface area contributed by atoms with E-state index in [9.17, 15) is 0 Å². The van der Waals surface area contributed by atoms with E-state index < -0.39 is 0 Å². The lowest BCUT2D eigenvalue weighted by Crippen LogP contribution is -2.53. The van der Waals surface area contributed by atoms with Gasteiger partial charge in [-0.2, -0.15) is 0 Å². The van der Waals surface area contributed by atoms with Crippen LogP contribution in [0.15, 0.2) is 0 Å². The van der Waals surface area contributed by atoms with E-state index in [-0.39, 0.29) is 0 Å². The van der Waals surface area contributed by atoms with Crippen LogP contribution >= 0.6 is 0 Å². The molecular weight excluding hydrogens is 218 g/mol. The molecular formula is C17H33N. The number of rotatable bonds is 6. The normalized spacial score (nSPS) is 37.7. The van der Waals surface area contributed by atoms with Crippen LogP contribution in [0.4, 0.5) is 0 Å². The van der Waals surface area contributed by atoms with Crippen LogP contribution in [0, 0.1) is 16.7 Å². The first kappa shape index (κ1) is 14.4. The maximum atomic E-state index is 4.08. The van der Waals surface area contributed by atoms with Gasteiger partial charge in [0.1, 0.15) is 0 Å². The second-order valence-corrected chi connectivity index (χ2v) is 7.79. The summed E-state index contributed by atoms with van der Waals surface area (Å²) in [5.41, 5.74) is 1.08. The summed E-state index contributed by atoms with van der Waals surface area (Å²) < 4.78 is 0. The molecule has 2 rings (SSSR count). The van der Waals surface area contributed by atoms with Crippen molar-refractivity contribution in [1.82, 2.24) is 5.32 Å². The summed E-state index contributed by atoms with van der Waals surface area (Å²) in [6.07, 6.45) is 9.69. The molecule has 1 N–H and O–H groups in total. The van der Waals surface area contributed by atoms with Crippen LogP contribution in [0.5, 0.6) is 0 Å². The lowest BCUT2D eigenvalue weighted by molar-refractivity contribution is 0.0954. The van der Waals surface area contributed by atoms with E-state index in [2.05, 4.69) is 39.9 Å². The van der Waals surface area contributed by atoms with E-state index in [4.69, 9.17) is 0 Å². The first-order valence-corrected chi connectivity index (χ1v) is 8.20. The zero-order chi connectivity index (χ0) is 13.4. The van der Waals surface area contributed by atoms with Crippen LogP contribution in [0.25, 0.3) is 0 Å². The van der Waals surface area contributed by atoms with Gasteiger partial charge in [0.05, 0.1) is 0 Å². The molecule has 0 aromatic heterocycles. The molecule has 0 aromatic rings. The molecule has 2 aliphatic carbocycles. The summed E-state index contributed by atoms with van der Waals surface area (Å²) >= 11 is 0. The summed E-state index contributed by atoms with van der Waals surface area (Å²) in [5.74, 6) is 0.962. The van der Waals surface area contributed by atoms with Gasteiger partial charge in [0, 0.05) is 12.1 Å². The molecule has 3 unspecified atom stereocenters. The molecule has 0 radical (unpaired) electrons. The highest BCUT2D eigenvalue weighted by Gasteiger charge is 2.59. The Kier molecular flexibility index (Phi) is 4.11. The van der Waals surface area contributed by atoms with Crippen molar-refractivity contribution in [3.63, 3.8) is 0 Å². The van der Waals surface area contributed by atoms with Crippen LogP contribution < -0.4 is 5.32 Å². The van der Waals surface area contributed by atoms with E-state index >= 15 is 0 Å². The molecule has 0 aromatic carbocycles. The molecule has 0 saturated heterocycles. The van der Waals surface area contributed by atoms with Crippen molar-refractivity contribution < 1.29 is 0 Å². The van der Waals surface area contributed by atoms with Crippen molar-refractivity contribution in [2.24, 2.45) is 16.7 Å². The summed E-state index contributed by atoms with van der Waals surface area (Å²) in [6, 6.07) is 1.49. The van der Waals surface area contributed by atoms with Crippen molar-refractivity contribution in [2.75, 3.05) is 0 Å². The minimum absolute atomic E-state index is 0.507. The zero-order valence-electron chi connectivity index (χ0n) is 13.2. The Hall–Kier alpha value is -0.0400. The van der Waals surface area contributed by atoms with Crippen LogP contribution in [-0.2, 0) is 0 Å². The third-order valence-electron chi connectivity index (χ3n) is 5.95. The predicted molar refractivity (Wildman–Crippen MR) is 79.8 cm³/mol. The third kappa shape index (κ3) is 2.35. The molecule has 1 nitrogen and oxygen atoms in total. The van der Waals surface area contributed by atoms with Gasteiger partial charge in [-0.3, -0.25) is 0 Å². The Morgan fingerprint density at radius 2 is 1.72 bits per heavy atom. The Balaban J connectivity index is 2.07. The first-order chi connectivity index (χ1) is 8.44. The molecule has 0 heterocycles. The van der Waals surface area contributed by atoms with Gasteiger partial charge in [0.2, 0.25) is 0 Å². The monoisotopic (exact) mass is 251 g/mol. The molecule has 18 heavy (non-hydrogen) atoms. The van der Waals surface area contributed by atoms with Gasteiger partial charge < -0.3 is 5.32 Å². The average Bonchev–Trinajstić information content (AvgIpc) is 2.76. The minimum Gasteiger partial charge on any atom is -0.310 e. The standard InChI is InChI=1S/C17H33N/c1-6-8-14(9-7-2)18-15-16(3,4)13-10-11-17(15,5)12-13/h13-15,18H,6-12H2,1-5H3. The fraction of sp³-hybridized carbons (Fsp3) is 1.00. The van der Waals surface area contributed by atoms with Gasteiger partial charge in [-0.05, 0) is 48.9 Å². The number of nitrogens with one attached hydrogen (secondary N) is 1. The highest BCUT2D eigenvalue weighted by atomic mass is 15.0. The number of hydrogen-bond acceptors (Lipinski definition) is 1. The van der Waals surface area contributed by atoms with Gasteiger partial charge in [0.25, 0.3) is 0 Å². The smallest absolute Gasteiger partial charge is 0.0177 e. The maximum absolute atomic E-state index is 4.08. The van der Waals surface area contributed by atoms with Crippen molar-refractivity contribution in [3.8, 4) is 0 Å². The summed E-state index contributed by atoms with van der Waals surface area (Å²) in [5, 5.41) is 4.08. The quantitative estimate of drug-likeness (QED) is 0.717. The van der Waals surface area contributed by atoms with Gasteiger partial charge >= 0.3 is 0 Å². The van der Waals surface area contributed by atoms with Crippen molar-refractivity contribution >= 4 is 0 Å². The number of hydrogen-bond donors (Lipinski definition) is 1. The summed E-state index contributed by atoms with van der Waals surface area (Å²) in [6.45, 7) is 12.2. The molecule has 0 spiro atoms. The average molecular weight is 251 g/mol. The first-order valence-electron chi connectivity index (χ1n) is 8.20. The Morgan fingerprint density at radius 1 is 1.11 bits per heavy atom. The molecule has 0 aliphatic heterocycles. The van der Waals surface area contributed by atoms with Crippen LogP contribution in [0.2, 0.25) is 0 Å². The van der Waals surface area contributed by atoms with E-state index in [1.165, 1.54) is 44.9 Å². The van der Waals surface area contributed by atoms with E-state index in [0.717, 1.165) is 18.0 Å². The van der Waals surface area contributed by atoms with Crippen molar-refractivity contribution in [3.05, 3.63) is 0 Å². The van der Waals surface area contributed by atoms with E-state index in [1.807, 2.05) is 0 Å². The fourth-order valence-corrected chi connectivity index (χ4v) is 4.96. The second kappa shape index (κ2) is 5.15. The topological polar surface area (TPSA) is 12.0 Å². The second-order valence-electron chi connectivity index (χ2n) is 7.79. The van der Waals surface area contributed by atoms with Crippen molar-refractivity contribution in [2.45, 2.75) is 91.6 Å². The molecule has 0 amide bonds. The molecule has 1 heteroatoms. The minimum atomic E-state index is 0.507. The van der Waals surface area contributed by atoms with Gasteiger partial charge in [-0.25, -0.2) is 0 Å². The van der Waals surface area contributed by atoms with E-state index in [1.54, 1.807) is 0 Å². The van der Waals surface area contributed by atoms with Crippen molar-refractivity contribution in [1.29, 1.82) is 0 Å². The van der Waals surface area contributed by atoms with Gasteiger partial charge in [-0.15, -0.1) is 0 Å². The Morgan fingerprint density at radius 3 is 2.17 bits per heavy atom. The Labute approximate surface area is 114 Å². The fourth-order valence-electron chi connectivity index (χ4n) is 4.96. The largest absolute Gasteiger partial charge is 0.310 e. The molecule has 2 bridgehead atoms. The maximum Gasteiger partial charge on any atom is 0.0177 e. The predicted octanol–water partition coefficient (Wildman–Crippen LogP) is 4.76. The SMILES string of the molecule is CCCC(CCC)NC1C2(C)CCC(C2)C1(C)C. The van der Waals surface area contributed by atoms with Gasteiger partial charge in [0.15, 0.2) is 0 Å². The molecule has 2 saturated carbocycles. The molecule has 2 aliphatic rings. The van der Waals surface area contributed by atoms with Crippen LogP contribution in [0.1, 0.15) is 79.6 Å². The van der Waals surface area contributed by atoms with Gasteiger partial charge in [-0.1, -0.05) is 47.5 Å². The highest BCUT2D eigenvalue weighted by molar-refractivity contribution is 5.12. The van der Waals surface area contributed by atoms with E-state index in [0.29, 0.717) is 10.8 Å². The molecule has 106 valence electrons.